The average Bonchev–Trinajstić information content (AvgIpc) is 3.11. The summed E-state index contributed by atoms with van der Waals surface area (Å²) in [5.41, 5.74) is 2.39. The molecule has 0 fully saturated rings. The molecule has 0 aliphatic carbocycles. The zero-order valence-electron chi connectivity index (χ0n) is 14.6. The zero-order valence-corrected chi connectivity index (χ0v) is 15.4. The van der Waals surface area contributed by atoms with Gasteiger partial charge in [-0.05, 0) is 41.8 Å². The van der Waals surface area contributed by atoms with Crippen LogP contribution in [-0.2, 0) is 14.8 Å². The van der Waals surface area contributed by atoms with Crippen molar-refractivity contribution >= 4 is 38.4 Å². The van der Waals surface area contributed by atoms with Crippen LogP contribution in [0.2, 0.25) is 0 Å². The van der Waals surface area contributed by atoms with Crippen molar-refractivity contribution in [2.75, 3.05) is 10.0 Å². The van der Waals surface area contributed by atoms with Gasteiger partial charge in [-0.2, -0.15) is 0 Å². The third kappa shape index (κ3) is 2.99. The highest BCUT2D eigenvalue weighted by molar-refractivity contribution is 7.92. The number of aromatic nitrogens is 1. The number of oxazole rings is 1. The lowest BCUT2D eigenvalue weighted by atomic mass is 9.89. The lowest BCUT2D eigenvalue weighted by Crippen LogP contribution is -2.17. The fourth-order valence-electron chi connectivity index (χ4n) is 3.32. The van der Waals surface area contributed by atoms with Gasteiger partial charge in [-0.3, -0.25) is 14.5 Å². The number of carbonyl (C=O) groups excluding carboxylic acids is 1. The molecule has 9 heteroatoms. The lowest BCUT2D eigenvalue weighted by molar-refractivity contribution is -0.117. The number of anilines is 2. The quantitative estimate of drug-likeness (QED) is 0.635. The van der Waals surface area contributed by atoms with Crippen LogP contribution >= 0.6 is 0 Å². The van der Waals surface area contributed by atoms with Crippen molar-refractivity contribution in [1.82, 2.24) is 4.98 Å². The van der Waals surface area contributed by atoms with E-state index >= 15 is 0 Å². The Labute approximate surface area is 154 Å². The zero-order chi connectivity index (χ0) is 19.3. The van der Waals surface area contributed by atoms with E-state index in [4.69, 9.17) is 4.42 Å². The molecule has 0 saturated heterocycles. The number of fused-ring (bicyclic) bond motifs is 2. The van der Waals surface area contributed by atoms with Gasteiger partial charge < -0.3 is 9.73 Å². The van der Waals surface area contributed by atoms with Gasteiger partial charge in [0.2, 0.25) is 5.91 Å². The molecule has 3 N–H and O–H groups in total. The Balaban J connectivity index is 1.69. The molecule has 8 nitrogen and oxygen atoms in total. The van der Waals surface area contributed by atoms with E-state index in [0.29, 0.717) is 16.9 Å². The van der Waals surface area contributed by atoms with Crippen molar-refractivity contribution in [3.8, 4) is 0 Å². The van der Waals surface area contributed by atoms with Crippen molar-refractivity contribution in [2.24, 2.45) is 5.92 Å². The molecular weight excluding hydrogens is 370 g/mol. The molecule has 3 aromatic rings. The minimum Gasteiger partial charge on any atom is -0.408 e. The Bertz CT molecular complexity index is 1220. The van der Waals surface area contributed by atoms with Crippen molar-refractivity contribution in [1.29, 1.82) is 0 Å². The number of sulfonamides is 1. The van der Waals surface area contributed by atoms with Gasteiger partial charge in [-0.15, -0.1) is 0 Å². The molecule has 2 aromatic carbocycles. The van der Waals surface area contributed by atoms with Crippen molar-refractivity contribution in [3.63, 3.8) is 0 Å². The van der Waals surface area contributed by atoms with E-state index in [2.05, 4.69) is 15.0 Å². The monoisotopic (exact) mass is 387 g/mol. The number of carbonyl (C=O) groups is 1. The largest absolute Gasteiger partial charge is 0.417 e. The van der Waals surface area contributed by atoms with Crippen LogP contribution < -0.4 is 15.8 Å². The van der Waals surface area contributed by atoms with E-state index in [0.717, 1.165) is 5.56 Å². The molecule has 27 heavy (non-hydrogen) atoms. The number of rotatable bonds is 4. The molecule has 1 amide bonds. The summed E-state index contributed by atoms with van der Waals surface area (Å²) in [6.45, 7) is 3.88. The Morgan fingerprint density at radius 1 is 1.11 bits per heavy atom. The summed E-state index contributed by atoms with van der Waals surface area (Å²) in [4.78, 5) is 25.8. The Morgan fingerprint density at radius 3 is 2.63 bits per heavy atom. The maximum Gasteiger partial charge on any atom is 0.417 e. The molecular formula is C18H17N3O5S. The van der Waals surface area contributed by atoms with Gasteiger partial charge in [-0.25, -0.2) is 13.2 Å². The van der Waals surface area contributed by atoms with Crippen LogP contribution in [0, 0.1) is 5.92 Å². The van der Waals surface area contributed by atoms with Crippen LogP contribution in [0.5, 0.6) is 0 Å². The molecule has 1 unspecified atom stereocenters. The summed E-state index contributed by atoms with van der Waals surface area (Å²) in [7, 11) is -3.90. The van der Waals surface area contributed by atoms with E-state index < -0.39 is 15.8 Å². The maximum absolute atomic E-state index is 12.7. The third-order valence-electron chi connectivity index (χ3n) is 4.55. The van der Waals surface area contributed by atoms with Gasteiger partial charge in [0.15, 0.2) is 5.58 Å². The molecule has 0 bridgehead atoms. The molecule has 0 saturated carbocycles. The number of hydrogen-bond donors (Lipinski definition) is 3. The van der Waals surface area contributed by atoms with Crippen LogP contribution in [0.4, 0.5) is 11.4 Å². The molecule has 4 rings (SSSR count). The second kappa shape index (κ2) is 5.98. The molecule has 1 atom stereocenters. The maximum atomic E-state index is 12.7. The number of aromatic amines is 1. The van der Waals surface area contributed by atoms with Crippen LogP contribution in [0.15, 0.2) is 50.5 Å². The fourth-order valence-corrected chi connectivity index (χ4v) is 4.38. The van der Waals surface area contributed by atoms with E-state index in [1.165, 1.54) is 18.2 Å². The number of benzene rings is 2. The van der Waals surface area contributed by atoms with Gasteiger partial charge in [0.05, 0.1) is 16.3 Å². The fraction of sp³-hybridized carbons (Fsp3) is 0.222. The first kappa shape index (κ1) is 17.3. The molecule has 1 aliphatic heterocycles. The van der Waals surface area contributed by atoms with Gasteiger partial charge in [-0.1, -0.05) is 13.8 Å². The van der Waals surface area contributed by atoms with E-state index in [9.17, 15) is 18.0 Å². The predicted molar refractivity (Wildman–Crippen MR) is 100 cm³/mol. The summed E-state index contributed by atoms with van der Waals surface area (Å²) in [6, 6.07) is 9.08. The molecule has 140 valence electrons. The minimum atomic E-state index is -3.90. The number of H-pyrrole nitrogens is 1. The molecule has 0 radical (unpaired) electrons. The first-order valence-corrected chi connectivity index (χ1v) is 9.83. The SMILES string of the molecule is CC(C)C1C(=O)Nc2ccc(NS(=O)(=O)c3ccc4[nH]c(=O)oc4c3)cc21. The second-order valence-corrected chi connectivity index (χ2v) is 8.47. The van der Waals surface area contributed by atoms with Crippen molar-refractivity contribution in [2.45, 2.75) is 24.7 Å². The highest BCUT2D eigenvalue weighted by Crippen LogP contribution is 2.39. The van der Waals surface area contributed by atoms with Gasteiger partial charge >= 0.3 is 5.76 Å². The van der Waals surface area contributed by atoms with Gasteiger partial charge in [0.25, 0.3) is 10.0 Å². The Hall–Kier alpha value is -3.07. The number of nitrogens with one attached hydrogen (secondary N) is 3. The highest BCUT2D eigenvalue weighted by Gasteiger charge is 2.33. The predicted octanol–water partition coefficient (Wildman–Crippen LogP) is 2.61. The summed E-state index contributed by atoms with van der Waals surface area (Å²) < 4.78 is 32.8. The van der Waals surface area contributed by atoms with Crippen molar-refractivity contribution < 1.29 is 17.6 Å². The molecule has 1 aliphatic rings. The molecule has 1 aromatic heterocycles. The summed E-state index contributed by atoms with van der Waals surface area (Å²) >= 11 is 0. The van der Waals surface area contributed by atoms with Crippen LogP contribution in [0.25, 0.3) is 11.1 Å². The number of hydrogen-bond acceptors (Lipinski definition) is 5. The summed E-state index contributed by atoms with van der Waals surface area (Å²) in [6.07, 6.45) is 0. The smallest absolute Gasteiger partial charge is 0.408 e. The highest BCUT2D eigenvalue weighted by atomic mass is 32.2. The Kier molecular flexibility index (Phi) is 3.84. The standard InChI is InChI=1S/C18H17N3O5S/c1-9(2)16-12-7-10(3-5-13(12)19-17(16)22)21-27(24,25)11-4-6-14-15(8-11)26-18(23)20-14/h3-9,16,21H,1-2H3,(H,19,22)(H,20,23). The molecule has 0 spiro atoms. The second-order valence-electron chi connectivity index (χ2n) is 6.79. The Morgan fingerprint density at radius 2 is 1.89 bits per heavy atom. The number of amides is 1. The van der Waals surface area contributed by atoms with Crippen LogP contribution in [0.1, 0.15) is 25.3 Å². The normalized spacial score (nSPS) is 16.6. The average molecular weight is 387 g/mol. The topological polar surface area (TPSA) is 121 Å². The van der Waals surface area contributed by atoms with E-state index in [1.54, 1.807) is 18.2 Å². The third-order valence-corrected chi connectivity index (χ3v) is 5.93. The summed E-state index contributed by atoms with van der Waals surface area (Å²) in [5.74, 6) is -0.983. The first-order valence-electron chi connectivity index (χ1n) is 8.35. The minimum absolute atomic E-state index is 0.0344. The van der Waals surface area contributed by atoms with Gasteiger partial charge in [0.1, 0.15) is 0 Å². The van der Waals surface area contributed by atoms with E-state index in [-0.39, 0.29) is 28.2 Å². The molecule has 2 heterocycles. The van der Waals surface area contributed by atoms with Crippen molar-refractivity contribution in [3.05, 3.63) is 52.5 Å². The first-order chi connectivity index (χ1) is 12.7. The van der Waals surface area contributed by atoms with Crippen LogP contribution in [-0.4, -0.2) is 19.3 Å². The lowest BCUT2D eigenvalue weighted by Gasteiger charge is -2.14. The van der Waals surface area contributed by atoms with E-state index in [1.807, 2.05) is 13.8 Å². The van der Waals surface area contributed by atoms with Crippen LogP contribution in [0.3, 0.4) is 0 Å². The summed E-state index contributed by atoms with van der Waals surface area (Å²) in [5, 5.41) is 2.81. The van der Waals surface area contributed by atoms with Gasteiger partial charge in [0, 0.05) is 17.4 Å².